The fourth-order valence-corrected chi connectivity index (χ4v) is 3.42. The van der Waals surface area contributed by atoms with Crippen molar-refractivity contribution >= 4 is 17.6 Å². The van der Waals surface area contributed by atoms with Crippen molar-refractivity contribution in [2.45, 2.75) is 12.6 Å². The van der Waals surface area contributed by atoms with Gasteiger partial charge < -0.3 is 29.4 Å². The minimum absolute atomic E-state index is 0.0824. The van der Waals surface area contributed by atoms with Crippen LogP contribution in [-0.4, -0.2) is 51.7 Å². The average Bonchev–Trinajstić information content (AvgIpc) is 2.91. The van der Waals surface area contributed by atoms with Crippen molar-refractivity contribution in [2.24, 2.45) is 0 Å². The second-order valence-corrected chi connectivity index (χ2v) is 7.94. The van der Waals surface area contributed by atoms with Crippen LogP contribution in [0.5, 0.6) is 17.2 Å². The molecule has 0 aromatic heterocycles. The Labute approximate surface area is 210 Å². The number of carbonyl (C=O) groups excluding carboxylic acids is 1. The molecule has 190 valence electrons. The zero-order valence-electron chi connectivity index (χ0n) is 20.5. The summed E-state index contributed by atoms with van der Waals surface area (Å²) in [6, 6.07) is 18.4. The number of benzene rings is 3. The molecule has 3 aromatic rings. The van der Waals surface area contributed by atoms with Crippen molar-refractivity contribution in [3.8, 4) is 17.2 Å². The van der Waals surface area contributed by atoms with E-state index >= 15 is 0 Å². The monoisotopic (exact) mass is 495 g/mol. The van der Waals surface area contributed by atoms with Gasteiger partial charge in [0.1, 0.15) is 35.8 Å². The van der Waals surface area contributed by atoms with Gasteiger partial charge in [0.25, 0.3) is 0 Å². The van der Waals surface area contributed by atoms with E-state index in [1.54, 1.807) is 74.9 Å². The van der Waals surface area contributed by atoms with Crippen molar-refractivity contribution in [2.75, 3.05) is 34.5 Å². The minimum Gasteiger partial charge on any atom is -0.497 e. The Morgan fingerprint density at radius 3 is 2.17 bits per heavy atom. The molecule has 0 aliphatic rings. The average molecular weight is 496 g/mol. The first-order chi connectivity index (χ1) is 17.4. The van der Waals surface area contributed by atoms with Crippen molar-refractivity contribution in [1.82, 2.24) is 5.32 Å². The molecule has 0 amide bonds. The molecule has 36 heavy (non-hydrogen) atoms. The summed E-state index contributed by atoms with van der Waals surface area (Å²) in [5, 5.41) is 13.3. The summed E-state index contributed by atoms with van der Waals surface area (Å²) < 4.78 is 34.2. The third-order valence-corrected chi connectivity index (χ3v) is 5.32. The number of ether oxygens (including phenoxy) is 4. The molecule has 1 atom stereocenters. The maximum absolute atomic E-state index is 13.0. The normalized spacial score (nSPS) is 12.1. The van der Waals surface area contributed by atoms with Crippen LogP contribution >= 0.6 is 0 Å². The number of nitrogens with one attached hydrogen (secondary N) is 1. The van der Waals surface area contributed by atoms with E-state index in [0.717, 1.165) is 5.56 Å². The fraction of sp³-hybridized carbons (Fsp3) is 0.250. The van der Waals surface area contributed by atoms with E-state index in [0.29, 0.717) is 47.0 Å². The molecule has 0 fully saturated rings. The Hall–Kier alpha value is -3.88. The van der Waals surface area contributed by atoms with Crippen LogP contribution in [-0.2, 0) is 16.1 Å². The fourth-order valence-electron chi connectivity index (χ4n) is 3.42. The molecule has 0 spiro atoms. The van der Waals surface area contributed by atoms with Gasteiger partial charge in [0.15, 0.2) is 0 Å². The maximum atomic E-state index is 13.0. The summed E-state index contributed by atoms with van der Waals surface area (Å²) in [4.78, 5) is 12.5. The van der Waals surface area contributed by atoms with Crippen LogP contribution in [0.15, 0.2) is 66.7 Å². The number of carbonyl (C=O) groups is 1. The first-order valence-corrected chi connectivity index (χ1v) is 11.3. The quantitative estimate of drug-likeness (QED) is 0.222. The summed E-state index contributed by atoms with van der Waals surface area (Å²) in [6.07, 6.45) is 0.960. The van der Waals surface area contributed by atoms with Crippen LogP contribution in [0.3, 0.4) is 0 Å². The number of hydrogen-bond donors (Lipinski definition) is 2. The molecule has 1 unspecified atom stereocenters. The number of aliphatic hydroxyl groups excluding tert-OH is 1. The molecule has 0 radical (unpaired) electrons. The summed E-state index contributed by atoms with van der Waals surface area (Å²) in [6.45, 7) is 0.904. The minimum atomic E-state index is -0.737. The summed E-state index contributed by atoms with van der Waals surface area (Å²) >= 11 is 0. The molecule has 7 nitrogen and oxygen atoms in total. The molecule has 8 heteroatoms. The van der Waals surface area contributed by atoms with Gasteiger partial charge >= 0.3 is 5.97 Å². The van der Waals surface area contributed by atoms with Crippen LogP contribution in [0.1, 0.15) is 16.7 Å². The third kappa shape index (κ3) is 7.83. The van der Waals surface area contributed by atoms with Crippen molar-refractivity contribution in [1.29, 1.82) is 0 Å². The van der Waals surface area contributed by atoms with Crippen LogP contribution in [0.4, 0.5) is 4.39 Å². The smallest absolute Gasteiger partial charge is 0.338 e. The number of rotatable bonds is 12. The lowest BCUT2D eigenvalue weighted by atomic mass is 10.0. The third-order valence-electron chi connectivity index (χ3n) is 5.32. The van der Waals surface area contributed by atoms with Gasteiger partial charge in [-0.05, 0) is 59.2 Å². The molecule has 0 aliphatic carbocycles. The van der Waals surface area contributed by atoms with Crippen LogP contribution in [0, 0.1) is 5.82 Å². The standard InChI is InChI=1S/C28H30FNO6/c1-33-25-12-20(13-26(15-25)34-2)14-27(28(32)35-3)21-6-10-24(11-7-21)36-18-23(31)17-30-16-19-4-8-22(29)9-5-19/h4-15,23,30-31H,16-18H2,1-3H3. The van der Waals surface area contributed by atoms with Gasteiger partial charge in [0.05, 0.1) is 26.9 Å². The van der Waals surface area contributed by atoms with Crippen LogP contribution in [0.25, 0.3) is 11.6 Å². The number of hydrogen-bond acceptors (Lipinski definition) is 7. The molecule has 2 N–H and O–H groups in total. The zero-order valence-corrected chi connectivity index (χ0v) is 20.5. The second kappa shape index (κ2) is 13.3. The van der Waals surface area contributed by atoms with E-state index in [-0.39, 0.29) is 12.4 Å². The summed E-state index contributed by atoms with van der Waals surface area (Å²) in [7, 11) is 4.44. The molecular weight excluding hydrogens is 465 g/mol. The number of esters is 1. The molecule has 3 rings (SSSR count). The van der Waals surface area contributed by atoms with E-state index in [1.807, 2.05) is 0 Å². The van der Waals surface area contributed by atoms with E-state index in [1.165, 1.54) is 19.2 Å². The Bertz CT molecular complexity index is 1140. The Morgan fingerprint density at radius 1 is 0.944 bits per heavy atom. The highest BCUT2D eigenvalue weighted by molar-refractivity contribution is 6.21. The van der Waals surface area contributed by atoms with E-state index in [9.17, 15) is 14.3 Å². The molecule has 0 aliphatic heterocycles. The first kappa shape index (κ1) is 26.7. The van der Waals surface area contributed by atoms with Gasteiger partial charge in [-0.3, -0.25) is 0 Å². The van der Waals surface area contributed by atoms with Crippen LogP contribution in [0.2, 0.25) is 0 Å². The molecule has 0 bridgehead atoms. The molecular formula is C28H30FNO6. The highest BCUT2D eigenvalue weighted by Gasteiger charge is 2.14. The lowest BCUT2D eigenvalue weighted by molar-refractivity contribution is -0.133. The van der Waals surface area contributed by atoms with E-state index < -0.39 is 12.1 Å². The maximum Gasteiger partial charge on any atom is 0.338 e. The van der Waals surface area contributed by atoms with Crippen molar-refractivity contribution in [3.63, 3.8) is 0 Å². The number of methoxy groups -OCH3 is 3. The lowest BCUT2D eigenvalue weighted by Gasteiger charge is -2.14. The zero-order chi connectivity index (χ0) is 25.9. The van der Waals surface area contributed by atoms with Gasteiger partial charge in [-0.1, -0.05) is 24.3 Å². The molecule has 0 saturated heterocycles. The lowest BCUT2D eigenvalue weighted by Crippen LogP contribution is -2.31. The van der Waals surface area contributed by atoms with Crippen molar-refractivity contribution < 1.29 is 33.2 Å². The largest absolute Gasteiger partial charge is 0.497 e. The molecule has 3 aromatic carbocycles. The SMILES string of the molecule is COC(=O)C(=Cc1cc(OC)cc(OC)c1)c1ccc(OCC(O)CNCc2ccc(F)cc2)cc1. The Morgan fingerprint density at radius 2 is 1.58 bits per heavy atom. The Balaban J connectivity index is 1.61. The van der Waals surface area contributed by atoms with E-state index in [4.69, 9.17) is 18.9 Å². The second-order valence-electron chi connectivity index (χ2n) is 7.94. The van der Waals surface area contributed by atoms with Crippen LogP contribution < -0.4 is 19.5 Å². The van der Waals surface area contributed by atoms with Gasteiger partial charge in [0.2, 0.25) is 0 Å². The van der Waals surface area contributed by atoms with Crippen molar-refractivity contribution in [3.05, 3.63) is 89.2 Å². The highest BCUT2D eigenvalue weighted by Crippen LogP contribution is 2.27. The van der Waals surface area contributed by atoms with Gasteiger partial charge in [-0.2, -0.15) is 0 Å². The van der Waals surface area contributed by atoms with Gasteiger partial charge in [-0.25, -0.2) is 9.18 Å². The number of aliphatic hydroxyl groups is 1. The topological polar surface area (TPSA) is 86.3 Å². The number of halogens is 1. The Kier molecular flexibility index (Phi) is 9.85. The highest BCUT2D eigenvalue weighted by atomic mass is 19.1. The summed E-state index contributed by atoms with van der Waals surface area (Å²) in [5.41, 5.74) is 2.62. The predicted molar refractivity (Wildman–Crippen MR) is 135 cm³/mol. The predicted octanol–water partition coefficient (Wildman–Crippen LogP) is 4.09. The van der Waals surface area contributed by atoms with E-state index in [2.05, 4.69) is 5.32 Å². The first-order valence-electron chi connectivity index (χ1n) is 11.3. The molecule has 0 heterocycles. The van der Waals surface area contributed by atoms with Gasteiger partial charge in [-0.15, -0.1) is 0 Å². The van der Waals surface area contributed by atoms with Gasteiger partial charge in [0, 0.05) is 19.2 Å². The summed E-state index contributed by atoms with van der Waals surface area (Å²) in [5.74, 6) is 0.961. The molecule has 0 saturated carbocycles.